The highest BCUT2D eigenvalue weighted by molar-refractivity contribution is 7.53. The Labute approximate surface area is 100 Å². The van der Waals surface area contributed by atoms with Crippen LogP contribution in [0.4, 0.5) is 0 Å². The predicted molar refractivity (Wildman–Crippen MR) is 63.7 cm³/mol. The Kier molecular flexibility index (Phi) is 4.33. The van der Waals surface area contributed by atoms with Crippen molar-refractivity contribution in [2.24, 2.45) is 0 Å². The summed E-state index contributed by atoms with van der Waals surface area (Å²) in [7, 11) is -4.27. The Morgan fingerprint density at radius 2 is 2.00 bits per heavy atom. The third kappa shape index (κ3) is 2.87. The van der Waals surface area contributed by atoms with E-state index >= 15 is 0 Å². The van der Waals surface area contributed by atoms with Crippen LogP contribution in [0.1, 0.15) is 25.8 Å². The van der Waals surface area contributed by atoms with Gasteiger partial charge in [-0.05, 0) is 19.4 Å². The van der Waals surface area contributed by atoms with Gasteiger partial charge in [0.1, 0.15) is 5.75 Å². The second-order valence-corrected chi connectivity index (χ2v) is 6.06. The highest BCUT2D eigenvalue weighted by Crippen LogP contribution is 2.60. The van der Waals surface area contributed by atoms with E-state index in [0.717, 1.165) is 6.92 Å². The summed E-state index contributed by atoms with van der Waals surface area (Å²) in [6.07, 6.45) is 0.557. The molecule has 0 spiro atoms. The lowest BCUT2D eigenvalue weighted by Gasteiger charge is -2.28. The van der Waals surface area contributed by atoms with Gasteiger partial charge in [-0.3, -0.25) is 4.57 Å². The topological polar surface area (TPSA) is 87.0 Å². The van der Waals surface area contributed by atoms with Crippen LogP contribution in [-0.4, -0.2) is 21.7 Å². The molecule has 2 unspecified atom stereocenters. The van der Waals surface area contributed by atoms with E-state index in [2.05, 4.69) is 0 Å². The quantitative estimate of drug-likeness (QED) is 0.706. The molecule has 0 aliphatic carbocycles. The summed E-state index contributed by atoms with van der Waals surface area (Å²) in [6.45, 7) is 3.00. The number of phenolic OH excluding ortho intramolecular Hbond substituents is 1. The molecule has 0 heterocycles. The molecule has 0 aromatic heterocycles. The minimum atomic E-state index is -4.27. The molecule has 1 aromatic carbocycles. The van der Waals surface area contributed by atoms with Gasteiger partial charge in [0.05, 0.1) is 6.61 Å². The maximum absolute atomic E-state index is 11.9. The molecule has 1 rings (SSSR count). The van der Waals surface area contributed by atoms with Crippen molar-refractivity contribution in [2.75, 3.05) is 6.61 Å². The van der Waals surface area contributed by atoms with E-state index in [1.807, 2.05) is 0 Å². The SMILES string of the molecule is CCCOP(=O)(O)C(C)(O)c1ccccc1O. The predicted octanol–water partition coefficient (Wildman–Crippen LogP) is 2.17. The van der Waals surface area contributed by atoms with Crippen molar-refractivity contribution in [1.29, 1.82) is 0 Å². The highest BCUT2D eigenvalue weighted by atomic mass is 31.2. The van der Waals surface area contributed by atoms with Gasteiger partial charge < -0.3 is 19.6 Å². The number of phenols is 1. The minimum absolute atomic E-state index is 0.0260. The zero-order valence-corrected chi connectivity index (χ0v) is 10.7. The van der Waals surface area contributed by atoms with Gasteiger partial charge >= 0.3 is 7.60 Å². The molecule has 0 fully saturated rings. The number of hydrogen-bond donors (Lipinski definition) is 3. The van der Waals surface area contributed by atoms with Gasteiger partial charge in [0.15, 0.2) is 5.34 Å². The largest absolute Gasteiger partial charge is 0.508 e. The Bertz CT molecular complexity index is 430. The third-order valence-electron chi connectivity index (χ3n) is 2.43. The molecule has 0 saturated heterocycles. The van der Waals surface area contributed by atoms with Crippen molar-refractivity contribution < 1.29 is 24.2 Å². The summed E-state index contributed by atoms with van der Waals surface area (Å²) < 4.78 is 16.7. The summed E-state index contributed by atoms with van der Waals surface area (Å²) in [5.74, 6) is -0.244. The molecule has 0 saturated carbocycles. The van der Waals surface area contributed by atoms with E-state index in [1.165, 1.54) is 12.1 Å². The van der Waals surface area contributed by atoms with Gasteiger partial charge in [-0.15, -0.1) is 0 Å². The average Bonchev–Trinajstić information content (AvgIpc) is 2.26. The first-order valence-corrected chi connectivity index (χ1v) is 6.89. The summed E-state index contributed by atoms with van der Waals surface area (Å²) in [5.41, 5.74) is -0.0260. The maximum Gasteiger partial charge on any atom is 0.363 e. The number of para-hydroxylation sites is 1. The van der Waals surface area contributed by atoms with Crippen LogP contribution in [0.25, 0.3) is 0 Å². The van der Waals surface area contributed by atoms with Crippen LogP contribution in [0.5, 0.6) is 5.75 Å². The van der Waals surface area contributed by atoms with Crippen molar-refractivity contribution in [3.8, 4) is 5.75 Å². The zero-order valence-electron chi connectivity index (χ0n) is 9.83. The standard InChI is InChI=1S/C11H17O5P/c1-3-8-16-17(14,15)11(2,13)9-6-4-5-7-10(9)12/h4-7,12-13H,3,8H2,1-2H3,(H,14,15). The first-order valence-electron chi connectivity index (χ1n) is 5.31. The molecule has 2 atom stereocenters. The second kappa shape index (κ2) is 5.19. The highest BCUT2D eigenvalue weighted by Gasteiger charge is 2.46. The zero-order chi connectivity index (χ0) is 13.1. The molecule has 6 heteroatoms. The maximum atomic E-state index is 11.9. The molecule has 0 amide bonds. The molecule has 1 aromatic rings. The summed E-state index contributed by atoms with van der Waals surface area (Å²) in [6, 6.07) is 5.84. The Hall–Kier alpha value is -0.870. The van der Waals surface area contributed by atoms with E-state index < -0.39 is 12.9 Å². The smallest absolute Gasteiger partial charge is 0.363 e. The van der Waals surface area contributed by atoms with E-state index in [1.54, 1.807) is 19.1 Å². The van der Waals surface area contributed by atoms with E-state index in [0.29, 0.717) is 6.42 Å². The Morgan fingerprint density at radius 1 is 1.41 bits per heavy atom. The van der Waals surface area contributed by atoms with E-state index in [9.17, 15) is 19.7 Å². The van der Waals surface area contributed by atoms with Crippen LogP contribution >= 0.6 is 7.60 Å². The monoisotopic (exact) mass is 260 g/mol. The van der Waals surface area contributed by atoms with Crippen molar-refractivity contribution in [3.05, 3.63) is 29.8 Å². The Balaban J connectivity index is 3.10. The third-order valence-corrected chi connectivity index (χ3v) is 4.31. The molecular formula is C11H17O5P. The lowest BCUT2D eigenvalue weighted by molar-refractivity contribution is 0.0905. The first kappa shape index (κ1) is 14.2. The summed E-state index contributed by atoms with van der Waals surface area (Å²) in [4.78, 5) is 9.72. The average molecular weight is 260 g/mol. The van der Waals surface area contributed by atoms with Gasteiger partial charge in [0, 0.05) is 5.56 Å². The molecule has 5 nitrogen and oxygen atoms in total. The van der Waals surface area contributed by atoms with E-state index in [-0.39, 0.29) is 17.9 Å². The van der Waals surface area contributed by atoms with Crippen LogP contribution < -0.4 is 0 Å². The van der Waals surface area contributed by atoms with E-state index in [4.69, 9.17) is 4.52 Å². The molecule has 0 aliphatic heterocycles. The van der Waals surface area contributed by atoms with Crippen LogP contribution in [0.2, 0.25) is 0 Å². The molecule has 17 heavy (non-hydrogen) atoms. The lowest BCUT2D eigenvalue weighted by atomic mass is 10.1. The minimum Gasteiger partial charge on any atom is -0.508 e. The van der Waals surface area contributed by atoms with Gasteiger partial charge in [-0.1, -0.05) is 25.1 Å². The van der Waals surface area contributed by atoms with Crippen LogP contribution in [0.3, 0.4) is 0 Å². The summed E-state index contributed by atoms with van der Waals surface area (Å²) in [5, 5.41) is 17.6. The molecule has 0 aliphatic rings. The fraction of sp³-hybridized carbons (Fsp3) is 0.455. The fourth-order valence-electron chi connectivity index (χ4n) is 1.37. The van der Waals surface area contributed by atoms with Gasteiger partial charge in [-0.25, -0.2) is 0 Å². The van der Waals surface area contributed by atoms with Crippen LogP contribution in [0.15, 0.2) is 24.3 Å². The Morgan fingerprint density at radius 3 is 2.53 bits per heavy atom. The van der Waals surface area contributed by atoms with Crippen molar-refractivity contribution in [1.82, 2.24) is 0 Å². The van der Waals surface area contributed by atoms with Crippen molar-refractivity contribution >= 4 is 7.60 Å². The number of aromatic hydroxyl groups is 1. The second-order valence-electron chi connectivity index (χ2n) is 3.89. The first-order chi connectivity index (χ1) is 7.83. The fourth-order valence-corrected chi connectivity index (χ4v) is 2.54. The molecular weight excluding hydrogens is 243 g/mol. The number of benzene rings is 1. The van der Waals surface area contributed by atoms with Crippen molar-refractivity contribution in [2.45, 2.75) is 25.6 Å². The van der Waals surface area contributed by atoms with Crippen molar-refractivity contribution in [3.63, 3.8) is 0 Å². The molecule has 0 radical (unpaired) electrons. The number of rotatable bonds is 5. The molecule has 0 bridgehead atoms. The normalized spacial score (nSPS) is 18.4. The van der Waals surface area contributed by atoms with Gasteiger partial charge in [0.2, 0.25) is 0 Å². The number of hydrogen-bond acceptors (Lipinski definition) is 4. The van der Waals surface area contributed by atoms with Crippen LogP contribution in [0, 0.1) is 0 Å². The van der Waals surface area contributed by atoms with Gasteiger partial charge in [-0.2, -0.15) is 0 Å². The lowest BCUT2D eigenvalue weighted by Crippen LogP contribution is -2.23. The van der Waals surface area contributed by atoms with Gasteiger partial charge in [0.25, 0.3) is 0 Å². The van der Waals surface area contributed by atoms with Crippen LogP contribution in [-0.2, 0) is 14.4 Å². The molecule has 96 valence electrons. The number of aliphatic hydroxyl groups is 1. The molecule has 3 N–H and O–H groups in total. The summed E-state index contributed by atoms with van der Waals surface area (Å²) >= 11 is 0.